The van der Waals surface area contributed by atoms with Crippen LogP contribution in [0.4, 0.5) is 0 Å². The summed E-state index contributed by atoms with van der Waals surface area (Å²) in [5, 5.41) is 19.0. The summed E-state index contributed by atoms with van der Waals surface area (Å²) in [7, 11) is 0. The largest absolute Gasteiger partial charge is 0.197 e. The summed E-state index contributed by atoms with van der Waals surface area (Å²) < 4.78 is 0. The maximum absolute atomic E-state index is 9.52. The van der Waals surface area contributed by atoms with Gasteiger partial charge in [0, 0.05) is 5.92 Å². The first-order valence-corrected chi connectivity index (χ1v) is 9.71. The molecule has 0 heterocycles. The molecule has 2 rings (SSSR count). The third kappa shape index (κ3) is 5.68. The molecule has 0 saturated heterocycles. The van der Waals surface area contributed by atoms with Crippen LogP contribution in [0.3, 0.4) is 0 Å². The molecule has 1 aliphatic rings. The minimum absolute atomic E-state index is 0.0594. The van der Waals surface area contributed by atoms with Gasteiger partial charge in [0.1, 0.15) is 5.92 Å². The highest BCUT2D eigenvalue weighted by Crippen LogP contribution is 2.38. The average Bonchev–Trinajstić information content (AvgIpc) is 2.61. The van der Waals surface area contributed by atoms with Crippen LogP contribution in [0.15, 0.2) is 30.3 Å². The van der Waals surface area contributed by atoms with Gasteiger partial charge < -0.3 is 0 Å². The standard InChI is InChI=1S/C22H30N2/c23-17-21(18-24)22(20-15-11-8-12-16-20)19-13-9-6-4-2-1-3-5-7-10-14-19/h8,11-12,15-16,19,21-22H,1-7,9-10,13-14H2. The van der Waals surface area contributed by atoms with E-state index in [0.29, 0.717) is 5.92 Å². The van der Waals surface area contributed by atoms with E-state index in [1.165, 1.54) is 63.4 Å². The van der Waals surface area contributed by atoms with E-state index < -0.39 is 5.92 Å². The van der Waals surface area contributed by atoms with E-state index in [4.69, 9.17) is 0 Å². The third-order valence-electron chi connectivity index (χ3n) is 5.48. The van der Waals surface area contributed by atoms with Crippen LogP contribution in [0.2, 0.25) is 0 Å². The number of hydrogen-bond acceptors (Lipinski definition) is 2. The monoisotopic (exact) mass is 322 g/mol. The summed E-state index contributed by atoms with van der Waals surface area (Å²) in [5.74, 6) is -0.0226. The lowest BCUT2D eigenvalue weighted by atomic mass is 9.73. The zero-order chi connectivity index (χ0) is 17.0. The molecule has 1 aromatic rings. The van der Waals surface area contributed by atoms with Gasteiger partial charge in [-0.05, 0) is 24.3 Å². The molecule has 0 aliphatic heterocycles. The van der Waals surface area contributed by atoms with Crippen molar-refractivity contribution in [3.8, 4) is 12.1 Å². The summed E-state index contributed by atoms with van der Waals surface area (Å²) >= 11 is 0. The molecule has 0 radical (unpaired) electrons. The van der Waals surface area contributed by atoms with Crippen molar-refractivity contribution < 1.29 is 0 Å². The number of rotatable bonds is 3. The van der Waals surface area contributed by atoms with Gasteiger partial charge in [-0.2, -0.15) is 10.5 Å². The Balaban J connectivity index is 2.17. The molecule has 0 N–H and O–H groups in total. The molecule has 0 amide bonds. The maximum Gasteiger partial charge on any atom is 0.140 e. The van der Waals surface area contributed by atoms with Gasteiger partial charge in [0.15, 0.2) is 0 Å². The van der Waals surface area contributed by atoms with Crippen LogP contribution in [0, 0.1) is 34.5 Å². The van der Waals surface area contributed by atoms with E-state index in [-0.39, 0.29) is 5.92 Å². The second-order valence-corrected chi connectivity index (χ2v) is 7.19. The van der Waals surface area contributed by atoms with E-state index in [9.17, 15) is 10.5 Å². The first kappa shape index (κ1) is 18.5. The molecule has 1 saturated carbocycles. The van der Waals surface area contributed by atoms with Crippen LogP contribution in [-0.2, 0) is 0 Å². The highest BCUT2D eigenvalue weighted by molar-refractivity contribution is 5.26. The highest BCUT2D eigenvalue weighted by Gasteiger charge is 2.30. The van der Waals surface area contributed by atoms with Crippen molar-refractivity contribution in [2.45, 2.75) is 76.5 Å². The number of nitrogens with zero attached hydrogens (tertiary/aromatic N) is 2. The molecule has 128 valence electrons. The molecule has 1 aliphatic carbocycles. The van der Waals surface area contributed by atoms with Crippen LogP contribution in [0.5, 0.6) is 0 Å². The second-order valence-electron chi connectivity index (χ2n) is 7.19. The van der Waals surface area contributed by atoms with Gasteiger partial charge in [0.2, 0.25) is 0 Å². The lowest BCUT2D eigenvalue weighted by Crippen LogP contribution is -2.21. The van der Waals surface area contributed by atoms with Crippen molar-refractivity contribution in [1.82, 2.24) is 0 Å². The molecule has 1 unspecified atom stereocenters. The Morgan fingerprint density at radius 2 is 1.17 bits per heavy atom. The van der Waals surface area contributed by atoms with Gasteiger partial charge >= 0.3 is 0 Å². The van der Waals surface area contributed by atoms with Gasteiger partial charge in [-0.3, -0.25) is 0 Å². The van der Waals surface area contributed by atoms with Crippen molar-refractivity contribution in [1.29, 1.82) is 10.5 Å². The first-order chi connectivity index (χ1) is 11.9. The van der Waals surface area contributed by atoms with Crippen molar-refractivity contribution in [2.75, 3.05) is 0 Å². The van der Waals surface area contributed by atoms with E-state index >= 15 is 0 Å². The summed E-state index contributed by atoms with van der Waals surface area (Å²) in [4.78, 5) is 0. The number of hydrogen-bond donors (Lipinski definition) is 0. The Bertz CT molecular complexity index is 511. The number of benzene rings is 1. The van der Waals surface area contributed by atoms with Crippen LogP contribution in [0.25, 0.3) is 0 Å². The minimum atomic E-state index is -0.537. The van der Waals surface area contributed by atoms with Crippen LogP contribution in [0.1, 0.15) is 82.1 Å². The van der Waals surface area contributed by atoms with E-state index in [2.05, 4.69) is 24.3 Å². The van der Waals surface area contributed by atoms with Crippen molar-refractivity contribution in [3.63, 3.8) is 0 Å². The lowest BCUT2D eigenvalue weighted by Gasteiger charge is -2.29. The normalized spacial score (nSPS) is 19.5. The molecule has 0 aromatic heterocycles. The molecule has 1 aromatic carbocycles. The van der Waals surface area contributed by atoms with E-state index in [1.807, 2.05) is 18.2 Å². The first-order valence-electron chi connectivity index (χ1n) is 9.71. The van der Waals surface area contributed by atoms with E-state index in [0.717, 1.165) is 12.8 Å². The Hall–Kier alpha value is -1.80. The van der Waals surface area contributed by atoms with Crippen molar-refractivity contribution in [3.05, 3.63) is 35.9 Å². The summed E-state index contributed by atoms with van der Waals surface area (Å²) in [6.07, 6.45) is 14.2. The predicted molar refractivity (Wildman–Crippen MR) is 98.2 cm³/mol. The number of nitriles is 2. The third-order valence-corrected chi connectivity index (χ3v) is 5.48. The lowest BCUT2D eigenvalue weighted by molar-refractivity contribution is 0.316. The molecule has 0 bridgehead atoms. The zero-order valence-electron chi connectivity index (χ0n) is 14.8. The SMILES string of the molecule is N#CC(C#N)C(c1ccccc1)C1CCCCCCCCCCC1. The minimum Gasteiger partial charge on any atom is -0.197 e. The smallest absolute Gasteiger partial charge is 0.140 e. The van der Waals surface area contributed by atoms with Crippen LogP contribution in [-0.4, -0.2) is 0 Å². The fourth-order valence-electron chi connectivity index (χ4n) is 4.16. The topological polar surface area (TPSA) is 47.6 Å². The van der Waals surface area contributed by atoms with Gasteiger partial charge in [-0.1, -0.05) is 88.1 Å². The van der Waals surface area contributed by atoms with Crippen LogP contribution < -0.4 is 0 Å². The fourth-order valence-corrected chi connectivity index (χ4v) is 4.16. The highest BCUT2D eigenvalue weighted by atomic mass is 14.4. The Kier molecular flexibility index (Phi) is 8.40. The molecule has 24 heavy (non-hydrogen) atoms. The maximum atomic E-state index is 9.52. The summed E-state index contributed by atoms with van der Waals surface area (Å²) in [6, 6.07) is 14.8. The van der Waals surface area contributed by atoms with Crippen molar-refractivity contribution in [2.24, 2.45) is 11.8 Å². The van der Waals surface area contributed by atoms with Gasteiger partial charge in [0.05, 0.1) is 12.1 Å². The summed E-state index contributed by atoms with van der Waals surface area (Å²) in [5.41, 5.74) is 1.17. The quantitative estimate of drug-likeness (QED) is 0.650. The molecule has 1 atom stereocenters. The molecule has 2 heteroatoms. The Morgan fingerprint density at radius 3 is 1.62 bits per heavy atom. The predicted octanol–water partition coefficient (Wildman–Crippen LogP) is 6.35. The van der Waals surface area contributed by atoms with Gasteiger partial charge in [0.25, 0.3) is 0 Å². The zero-order valence-corrected chi connectivity index (χ0v) is 14.8. The molecular formula is C22H30N2. The summed E-state index contributed by atoms with van der Waals surface area (Å²) in [6.45, 7) is 0. The van der Waals surface area contributed by atoms with Gasteiger partial charge in [-0.15, -0.1) is 0 Å². The Morgan fingerprint density at radius 1 is 0.708 bits per heavy atom. The second kappa shape index (κ2) is 10.9. The average molecular weight is 322 g/mol. The molecule has 1 fully saturated rings. The van der Waals surface area contributed by atoms with Crippen LogP contribution >= 0.6 is 0 Å². The van der Waals surface area contributed by atoms with E-state index in [1.54, 1.807) is 0 Å². The molecular weight excluding hydrogens is 292 g/mol. The molecule has 0 spiro atoms. The Labute approximate surface area is 147 Å². The molecule has 2 nitrogen and oxygen atoms in total. The van der Waals surface area contributed by atoms with Crippen molar-refractivity contribution >= 4 is 0 Å². The fraction of sp³-hybridized carbons (Fsp3) is 0.636. The van der Waals surface area contributed by atoms with Gasteiger partial charge in [-0.25, -0.2) is 0 Å².